The normalized spacial score (nSPS) is 11.1. The van der Waals surface area contributed by atoms with Gasteiger partial charge in [0.1, 0.15) is 11.4 Å². The summed E-state index contributed by atoms with van der Waals surface area (Å²) in [6.45, 7) is 2.63. The van der Waals surface area contributed by atoms with Crippen molar-refractivity contribution < 1.29 is 0 Å². The molecule has 2 aromatic heterocycles. The first-order valence-electron chi connectivity index (χ1n) is 6.52. The van der Waals surface area contributed by atoms with E-state index in [1.807, 2.05) is 13.0 Å². The van der Waals surface area contributed by atoms with E-state index < -0.39 is 0 Å². The second-order valence-electron chi connectivity index (χ2n) is 4.52. The molecule has 0 amide bonds. The van der Waals surface area contributed by atoms with Gasteiger partial charge in [0.2, 0.25) is 0 Å². The highest BCUT2D eigenvalue weighted by Gasteiger charge is 2.12. The fourth-order valence-electron chi connectivity index (χ4n) is 2.02. The lowest BCUT2D eigenvalue weighted by Gasteiger charge is -2.06. The number of fused-ring (bicyclic) bond motifs is 1. The second-order valence-corrected chi connectivity index (χ2v) is 5.48. The number of anilines is 1. The number of aromatic amines is 1. The smallest absolute Gasteiger partial charge is 0.343 e. The Kier molecular flexibility index (Phi) is 3.61. The summed E-state index contributed by atoms with van der Waals surface area (Å²) in [6.07, 6.45) is 2.34. The maximum atomic E-state index is 11.7. The number of benzene rings is 1. The van der Waals surface area contributed by atoms with Crippen LogP contribution in [0.15, 0.2) is 39.5 Å². The van der Waals surface area contributed by atoms with E-state index in [1.165, 1.54) is 18.1 Å². The first-order chi connectivity index (χ1) is 10.2. The molecule has 0 fully saturated rings. The van der Waals surface area contributed by atoms with Gasteiger partial charge in [-0.3, -0.25) is 4.57 Å². The summed E-state index contributed by atoms with van der Waals surface area (Å²) in [5.41, 5.74) is 6.98. The van der Waals surface area contributed by atoms with Crippen molar-refractivity contribution >= 4 is 28.4 Å². The largest absolute Gasteiger partial charge is 0.399 e. The van der Waals surface area contributed by atoms with Gasteiger partial charge in [0.25, 0.3) is 0 Å². The fraction of sp³-hybridized carbons (Fsp3) is 0.231. The minimum Gasteiger partial charge on any atom is -0.399 e. The summed E-state index contributed by atoms with van der Waals surface area (Å²) < 4.78 is 1.61. The molecule has 3 rings (SSSR count). The molecule has 0 aliphatic heterocycles. The number of nitrogens with one attached hydrogen (secondary N) is 1. The first kappa shape index (κ1) is 13.6. The average molecular weight is 302 g/mol. The van der Waals surface area contributed by atoms with Crippen LogP contribution in [0.3, 0.4) is 0 Å². The molecule has 0 unspecified atom stereocenters. The van der Waals surface area contributed by atoms with Gasteiger partial charge in [0.05, 0.1) is 5.52 Å². The Bertz CT molecular complexity index is 840. The molecule has 3 N–H and O–H groups in total. The summed E-state index contributed by atoms with van der Waals surface area (Å²) in [6, 6.07) is 5.48. The Balaban J connectivity index is 2.04. The van der Waals surface area contributed by atoms with Crippen LogP contribution in [-0.2, 0) is 6.54 Å². The summed E-state index contributed by atoms with van der Waals surface area (Å²) >= 11 is 1.34. The third kappa shape index (κ3) is 2.62. The van der Waals surface area contributed by atoms with Gasteiger partial charge in [0.15, 0.2) is 5.16 Å². The summed E-state index contributed by atoms with van der Waals surface area (Å²) in [7, 11) is 0. The summed E-state index contributed by atoms with van der Waals surface area (Å²) in [4.78, 5) is 20.2. The molecule has 8 heteroatoms. The maximum absolute atomic E-state index is 11.7. The van der Waals surface area contributed by atoms with Crippen molar-refractivity contribution in [3.05, 3.63) is 35.0 Å². The Morgan fingerprint density at radius 2 is 2.24 bits per heavy atom. The molecule has 0 atom stereocenters. The first-order valence-corrected chi connectivity index (χ1v) is 7.34. The molecule has 7 nitrogen and oxygen atoms in total. The highest BCUT2D eigenvalue weighted by molar-refractivity contribution is 7.99. The molecule has 0 aliphatic rings. The van der Waals surface area contributed by atoms with E-state index in [9.17, 15) is 4.79 Å². The van der Waals surface area contributed by atoms with E-state index in [2.05, 4.69) is 20.2 Å². The van der Waals surface area contributed by atoms with Crippen LogP contribution in [-0.4, -0.2) is 24.7 Å². The lowest BCUT2D eigenvalue weighted by Crippen LogP contribution is -2.17. The molecule has 3 aromatic rings. The number of nitrogens with two attached hydrogens (primary N) is 1. The standard InChI is InChI=1S/C13H14N6OS/c1-2-5-19-12(20)17-18-13(19)21-11-9-4-3-8(14)6-10(9)15-7-16-11/h3-4,6-7H,2,5,14H2,1H3,(H,17,20). The van der Waals surface area contributed by atoms with Crippen LogP contribution in [0.2, 0.25) is 0 Å². The predicted molar refractivity (Wildman–Crippen MR) is 81.2 cm³/mol. The molecule has 0 saturated heterocycles. The van der Waals surface area contributed by atoms with Crippen molar-refractivity contribution in [2.75, 3.05) is 5.73 Å². The summed E-state index contributed by atoms with van der Waals surface area (Å²) in [5, 5.41) is 8.76. The van der Waals surface area contributed by atoms with Crippen molar-refractivity contribution in [3.63, 3.8) is 0 Å². The number of nitrogens with zero attached hydrogens (tertiary/aromatic N) is 4. The van der Waals surface area contributed by atoms with Crippen LogP contribution in [0.4, 0.5) is 5.69 Å². The van der Waals surface area contributed by atoms with Gasteiger partial charge >= 0.3 is 5.69 Å². The van der Waals surface area contributed by atoms with Crippen molar-refractivity contribution in [2.24, 2.45) is 0 Å². The van der Waals surface area contributed by atoms with Gasteiger partial charge in [-0.05, 0) is 36.4 Å². The quantitative estimate of drug-likeness (QED) is 0.561. The molecule has 0 bridgehead atoms. The summed E-state index contributed by atoms with van der Waals surface area (Å²) in [5.74, 6) is 0. The lowest BCUT2D eigenvalue weighted by atomic mass is 10.2. The number of hydrogen-bond acceptors (Lipinski definition) is 6. The Morgan fingerprint density at radius 3 is 3.05 bits per heavy atom. The number of aromatic nitrogens is 5. The van der Waals surface area contributed by atoms with Gasteiger partial charge in [-0.2, -0.15) is 0 Å². The third-order valence-electron chi connectivity index (χ3n) is 2.98. The zero-order valence-electron chi connectivity index (χ0n) is 11.4. The maximum Gasteiger partial charge on any atom is 0.343 e. The van der Waals surface area contributed by atoms with Gasteiger partial charge in [-0.25, -0.2) is 19.9 Å². The number of hydrogen-bond donors (Lipinski definition) is 2. The molecule has 0 aliphatic carbocycles. The van der Waals surface area contributed by atoms with E-state index in [4.69, 9.17) is 5.73 Å². The van der Waals surface area contributed by atoms with Crippen LogP contribution in [0.1, 0.15) is 13.3 Å². The predicted octanol–water partition coefficient (Wildman–Crippen LogP) is 1.66. The third-order valence-corrected chi connectivity index (χ3v) is 4.00. The molecular formula is C13H14N6OS. The Morgan fingerprint density at radius 1 is 1.38 bits per heavy atom. The Labute approximate surface area is 124 Å². The van der Waals surface area contributed by atoms with Gasteiger partial charge in [-0.15, -0.1) is 5.10 Å². The van der Waals surface area contributed by atoms with E-state index in [0.717, 1.165) is 22.3 Å². The number of nitrogen functional groups attached to an aromatic ring is 1. The second kappa shape index (κ2) is 5.57. The van der Waals surface area contributed by atoms with E-state index in [1.54, 1.807) is 16.7 Å². The van der Waals surface area contributed by atoms with Gasteiger partial charge < -0.3 is 5.73 Å². The molecule has 1 aromatic carbocycles. The van der Waals surface area contributed by atoms with Crippen molar-refractivity contribution in [3.8, 4) is 0 Å². The molecule has 108 valence electrons. The van der Waals surface area contributed by atoms with E-state index in [-0.39, 0.29) is 5.69 Å². The highest BCUT2D eigenvalue weighted by atomic mass is 32.2. The van der Waals surface area contributed by atoms with Crippen LogP contribution < -0.4 is 11.4 Å². The molecule has 0 saturated carbocycles. The Hall–Kier alpha value is -2.35. The zero-order valence-corrected chi connectivity index (χ0v) is 12.2. The van der Waals surface area contributed by atoms with Crippen LogP contribution >= 0.6 is 11.8 Å². The minimum atomic E-state index is -0.207. The zero-order chi connectivity index (χ0) is 14.8. The average Bonchev–Trinajstić information content (AvgIpc) is 2.81. The topological polar surface area (TPSA) is 102 Å². The van der Waals surface area contributed by atoms with Crippen molar-refractivity contribution in [1.29, 1.82) is 0 Å². The van der Waals surface area contributed by atoms with E-state index >= 15 is 0 Å². The fourth-order valence-corrected chi connectivity index (χ4v) is 2.95. The van der Waals surface area contributed by atoms with Crippen molar-refractivity contribution in [2.45, 2.75) is 30.1 Å². The van der Waals surface area contributed by atoms with Crippen LogP contribution in [0.5, 0.6) is 0 Å². The molecular weight excluding hydrogens is 288 g/mol. The molecule has 0 radical (unpaired) electrons. The van der Waals surface area contributed by atoms with Gasteiger partial charge in [0, 0.05) is 17.6 Å². The van der Waals surface area contributed by atoms with Gasteiger partial charge in [-0.1, -0.05) is 6.92 Å². The molecule has 21 heavy (non-hydrogen) atoms. The monoisotopic (exact) mass is 302 g/mol. The molecule has 0 spiro atoms. The highest BCUT2D eigenvalue weighted by Crippen LogP contribution is 2.29. The van der Waals surface area contributed by atoms with Crippen LogP contribution in [0.25, 0.3) is 10.9 Å². The van der Waals surface area contributed by atoms with Crippen molar-refractivity contribution in [1.82, 2.24) is 24.7 Å². The van der Waals surface area contributed by atoms with Crippen LogP contribution in [0, 0.1) is 0 Å². The SMILES string of the molecule is CCCn1c(Sc2ncnc3cc(N)ccc23)n[nH]c1=O. The molecule has 2 heterocycles. The lowest BCUT2D eigenvalue weighted by molar-refractivity contribution is 0.603. The number of H-pyrrole nitrogens is 1. The minimum absolute atomic E-state index is 0.207. The number of rotatable bonds is 4. The van der Waals surface area contributed by atoms with E-state index in [0.29, 0.717) is 17.4 Å².